The van der Waals surface area contributed by atoms with Gasteiger partial charge in [0.1, 0.15) is 0 Å². The zero-order chi connectivity index (χ0) is 21.9. The van der Waals surface area contributed by atoms with Gasteiger partial charge in [-0.25, -0.2) is 9.50 Å². The summed E-state index contributed by atoms with van der Waals surface area (Å²) in [5.41, 5.74) is 4.76. The first-order chi connectivity index (χ1) is 15.7. The third kappa shape index (κ3) is 3.98. The third-order valence-electron chi connectivity index (χ3n) is 5.14. The number of rotatable bonds is 6. The van der Waals surface area contributed by atoms with E-state index >= 15 is 0 Å². The van der Waals surface area contributed by atoms with E-state index in [4.69, 9.17) is 5.10 Å². The zero-order valence-electron chi connectivity index (χ0n) is 17.5. The van der Waals surface area contributed by atoms with Gasteiger partial charge in [-0.15, -0.1) is 5.10 Å². The van der Waals surface area contributed by atoms with Crippen LogP contribution in [0.2, 0.25) is 0 Å². The minimum Gasteiger partial charge on any atom is -0.345 e. The van der Waals surface area contributed by atoms with E-state index < -0.39 is 0 Å². The van der Waals surface area contributed by atoms with Gasteiger partial charge in [-0.1, -0.05) is 60.7 Å². The number of nitrogens with zero attached hydrogens (tertiary/aromatic N) is 6. The Morgan fingerprint density at radius 1 is 0.969 bits per heavy atom. The molecule has 1 amide bonds. The first-order valence-corrected chi connectivity index (χ1v) is 10.3. The fourth-order valence-corrected chi connectivity index (χ4v) is 3.54. The van der Waals surface area contributed by atoms with Crippen LogP contribution in [0.25, 0.3) is 17.0 Å². The quantitative estimate of drug-likeness (QED) is 0.453. The minimum absolute atomic E-state index is 0.0877. The number of hydrogen-bond acceptors (Lipinski definition) is 5. The predicted octanol–water partition coefficient (Wildman–Crippen LogP) is 3.27. The van der Waals surface area contributed by atoms with E-state index in [1.54, 1.807) is 10.7 Å². The summed E-state index contributed by atoms with van der Waals surface area (Å²) in [6, 6.07) is 21.9. The molecule has 158 valence electrons. The molecule has 2 aromatic carbocycles. The van der Waals surface area contributed by atoms with Crippen LogP contribution in [0.5, 0.6) is 0 Å². The van der Waals surface area contributed by atoms with Crippen LogP contribution in [0.15, 0.2) is 79.1 Å². The second kappa shape index (κ2) is 8.43. The Morgan fingerprint density at radius 3 is 2.47 bits per heavy atom. The molecule has 0 aliphatic heterocycles. The van der Waals surface area contributed by atoms with Gasteiger partial charge in [0.15, 0.2) is 0 Å². The molecule has 5 aromatic rings. The number of nitrogens with one attached hydrogen (secondary N) is 1. The molecule has 0 fully saturated rings. The van der Waals surface area contributed by atoms with Gasteiger partial charge >= 0.3 is 0 Å². The van der Waals surface area contributed by atoms with E-state index in [1.165, 1.54) is 0 Å². The van der Waals surface area contributed by atoms with E-state index in [-0.39, 0.29) is 11.7 Å². The van der Waals surface area contributed by atoms with Gasteiger partial charge < -0.3 is 5.32 Å². The van der Waals surface area contributed by atoms with Gasteiger partial charge in [0.25, 0.3) is 11.7 Å². The maximum absolute atomic E-state index is 12.7. The molecule has 8 nitrogen and oxygen atoms in total. The molecule has 3 aromatic heterocycles. The molecule has 0 bridgehead atoms. The number of carbonyl (C=O) groups is 1. The highest BCUT2D eigenvalue weighted by molar-refractivity contribution is 5.90. The number of hydrogen-bond donors (Lipinski definition) is 1. The lowest BCUT2D eigenvalue weighted by Crippen LogP contribution is -2.24. The second-order valence-electron chi connectivity index (χ2n) is 7.47. The second-order valence-corrected chi connectivity index (χ2v) is 7.47. The van der Waals surface area contributed by atoms with Crippen LogP contribution in [-0.2, 0) is 13.1 Å². The van der Waals surface area contributed by atoms with E-state index in [2.05, 4.69) is 32.5 Å². The number of aromatic nitrogens is 6. The Bertz CT molecular complexity index is 1370. The normalized spacial score (nSPS) is 11.0. The van der Waals surface area contributed by atoms with E-state index in [1.807, 2.05) is 72.4 Å². The molecule has 0 spiro atoms. The first-order valence-electron chi connectivity index (χ1n) is 10.3. The Morgan fingerprint density at radius 2 is 1.72 bits per heavy atom. The SMILES string of the molecule is Cc1ccnc2nc(C(=O)NCc3cn(Cc4ccccc4)nc3-c3ccccc3)nn12. The van der Waals surface area contributed by atoms with Crippen molar-refractivity contribution in [2.75, 3.05) is 0 Å². The highest BCUT2D eigenvalue weighted by Gasteiger charge is 2.17. The summed E-state index contributed by atoms with van der Waals surface area (Å²) in [7, 11) is 0. The molecular weight excluding hydrogens is 402 g/mol. The van der Waals surface area contributed by atoms with Crippen LogP contribution in [0.3, 0.4) is 0 Å². The fraction of sp³-hybridized carbons (Fsp3) is 0.125. The van der Waals surface area contributed by atoms with E-state index in [0.717, 1.165) is 28.1 Å². The van der Waals surface area contributed by atoms with Crippen LogP contribution in [-0.4, -0.2) is 35.3 Å². The molecule has 0 unspecified atom stereocenters. The van der Waals surface area contributed by atoms with Crippen LogP contribution >= 0.6 is 0 Å². The summed E-state index contributed by atoms with van der Waals surface area (Å²) in [5.74, 6) is 0.130. The van der Waals surface area contributed by atoms with Crippen molar-refractivity contribution in [2.45, 2.75) is 20.0 Å². The Balaban J connectivity index is 1.40. The van der Waals surface area contributed by atoms with Crippen molar-refractivity contribution in [1.29, 1.82) is 0 Å². The van der Waals surface area contributed by atoms with Crippen molar-refractivity contribution in [3.63, 3.8) is 0 Å². The summed E-state index contributed by atoms with van der Waals surface area (Å²) in [6.45, 7) is 2.84. The lowest BCUT2D eigenvalue weighted by Gasteiger charge is -2.03. The lowest BCUT2D eigenvalue weighted by atomic mass is 10.1. The van der Waals surface area contributed by atoms with Gasteiger partial charge in [-0.3, -0.25) is 9.48 Å². The van der Waals surface area contributed by atoms with Crippen molar-refractivity contribution in [2.24, 2.45) is 0 Å². The van der Waals surface area contributed by atoms with Gasteiger partial charge in [-0.2, -0.15) is 10.1 Å². The van der Waals surface area contributed by atoms with Crippen LogP contribution in [0, 0.1) is 6.92 Å². The van der Waals surface area contributed by atoms with Gasteiger partial charge in [0.05, 0.1) is 12.2 Å². The van der Waals surface area contributed by atoms with Crippen LogP contribution in [0.1, 0.15) is 27.4 Å². The smallest absolute Gasteiger partial charge is 0.291 e. The van der Waals surface area contributed by atoms with Crippen molar-refractivity contribution < 1.29 is 4.79 Å². The molecule has 1 N–H and O–H groups in total. The third-order valence-corrected chi connectivity index (χ3v) is 5.14. The predicted molar refractivity (Wildman–Crippen MR) is 120 cm³/mol. The summed E-state index contributed by atoms with van der Waals surface area (Å²) in [5, 5.41) is 12.0. The molecule has 5 rings (SSSR count). The van der Waals surface area contributed by atoms with Crippen molar-refractivity contribution >= 4 is 11.7 Å². The van der Waals surface area contributed by atoms with Crippen LogP contribution < -0.4 is 5.32 Å². The monoisotopic (exact) mass is 423 g/mol. The van der Waals surface area contributed by atoms with Gasteiger partial charge in [0.2, 0.25) is 5.82 Å². The molecule has 32 heavy (non-hydrogen) atoms. The number of aryl methyl sites for hydroxylation is 1. The van der Waals surface area contributed by atoms with Gasteiger partial charge in [0, 0.05) is 35.8 Å². The lowest BCUT2D eigenvalue weighted by molar-refractivity contribution is 0.0941. The maximum Gasteiger partial charge on any atom is 0.291 e. The Hall–Kier alpha value is -4.33. The Labute approximate surface area is 184 Å². The molecule has 0 saturated heterocycles. The van der Waals surface area contributed by atoms with Crippen molar-refractivity contribution in [3.8, 4) is 11.3 Å². The Kier molecular flexibility index (Phi) is 5.17. The number of carbonyl (C=O) groups excluding carboxylic acids is 1. The summed E-state index contributed by atoms with van der Waals surface area (Å²) < 4.78 is 3.46. The highest BCUT2D eigenvalue weighted by atomic mass is 16.2. The molecule has 0 aliphatic carbocycles. The molecule has 0 radical (unpaired) electrons. The van der Waals surface area contributed by atoms with Crippen molar-refractivity contribution in [1.82, 2.24) is 34.7 Å². The molecule has 0 saturated carbocycles. The summed E-state index contributed by atoms with van der Waals surface area (Å²) >= 11 is 0. The fourth-order valence-electron chi connectivity index (χ4n) is 3.54. The average Bonchev–Trinajstić information content (AvgIpc) is 3.44. The average molecular weight is 423 g/mol. The largest absolute Gasteiger partial charge is 0.345 e. The number of amides is 1. The minimum atomic E-state index is -0.357. The van der Waals surface area contributed by atoms with Crippen molar-refractivity contribution in [3.05, 3.63) is 102 Å². The molecular formula is C24H21N7O. The van der Waals surface area contributed by atoms with Gasteiger partial charge in [-0.05, 0) is 18.6 Å². The first kappa shape index (κ1) is 19.6. The zero-order valence-corrected chi connectivity index (χ0v) is 17.5. The number of benzene rings is 2. The summed E-state index contributed by atoms with van der Waals surface area (Å²) in [6.07, 6.45) is 3.62. The molecule has 3 heterocycles. The highest BCUT2D eigenvalue weighted by Crippen LogP contribution is 2.22. The van der Waals surface area contributed by atoms with E-state index in [0.29, 0.717) is 18.9 Å². The molecule has 0 aliphatic rings. The van der Waals surface area contributed by atoms with Crippen LogP contribution in [0.4, 0.5) is 0 Å². The standard InChI is InChI=1S/C24H21N7O/c1-17-12-13-25-24-27-22(29-31(17)24)23(32)26-14-20-16-30(15-18-8-4-2-5-9-18)28-21(20)19-10-6-3-7-11-19/h2-13,16H,14-15H2,1H3,(H,26,32). The number of fused-ring (bicyclic) bond motifs is 1. The molecule has 0 atom stereocenters. The molecule has 8 heteroatoms. The maximum atomic E-state index is 12.7. The topological polar surface area (TPSA) is 90.0 Å². The van der Waals surface area contributed by atoms with E-state index in [9.17, 15) is 4.79 Å². The summed E-state index contributed by atoms with van der Waals surface area (Å²) in [4.78, 5) is 21.1.